The van der Waals surface area contributed by atoms with Crippen LogP contribution in [0.5, 0.6) is 0 Å². The van der Waals surface area contributed by atoms with Crippen LogP contribution in [0.3, 0.4) is 0 Å². The molecule has 2 aromatic heterocycles. The Bertz CT molecular complexity index is 3210. The van der Waals surface area contributed by atoms with E-state index in [1.807, 2.05) is 18.2 Å². The van der Waals surface area contributed by atoms with E-state index in [9.17, 15) is 0 Å². The van der Waals surface area contributed by atoms with Crippen LogP contribution in [-0.2, 0) is 0 Å². The minimum Gasteiger partial charge on any atom is -0.456 e. The third-order valence-electron chi connectivity index (χ3n) is 10.9. The van der Waals surface area contributed by atoms with Gasteiger partial charge in [-0.25, -0.2) is 0 Å². The van der Waals surface area contributed by atoms with E-state index in [0.717, 1.165) is 94.3 Å². The topological polar surface area (TPSA) is 29.5 Å². The molecule has 11 rings (SSSR count). The monoisotopic (exact) mass is 703 g/mol. The van der Waals surface area contributed by atoms with Crippen molar-refractivity contribution < 1.29 is 8.83 Å². The number of fused-ring (bicyclic) bond motifs is 7. The molecule has 0 aliphatic rings. The maximum atomic E-state index is 7.00. The molecule has 258 valence electrons. The largest absolute Gasteiger partial charge is 0.456 e. The van der Waals surface area contributed by atoms with E-state index in [1.54, 1.807) is 0 Å². The van der Waals surface area contributed by atoms with Crippen molar-refractivity contribution in [3.63, 3.8) is 0 Å². The number of rotatable bonds is 6. The predicted octanol–water partition coefficient (Wildman–Crippen LogP) is 15.1. The summed E-state index contributed by atoms with van der Waals surface area (Å²) in [7, 11) is 0. The third kappa shape index (κ3) is 5.20. The molecule has 0 aliphatic heterocycles. The normalized spacial score (nSPS) is 11.6. The fourth-order valence-electron chi connectivity index (χ4n) is 8.21. The zero-order valence-electron chi connectivity index (χ0n) is 29.8. The summed E-state index contributed by atoms with van der Waals surface area (Å²) < 4.78 is 13.3. The van der Waals surface area contributed by atoms with Gasteiger partial charge in [0.05, 0.1) is 11.4 Å². The van der Waals surface area contributed by atoms with Crippen LogP contribution >= 0.6 is 0 Å². The van der Waals surface area contributed by atoms with Crippen molar-refractivity contribution >= 4 is 71.7 Å². The smallest absolute Gasteiger partial charge is 0.159 e. The van der Waals surface area contributed by atoms with Crippen LogP contribution in [0.2, 0.25) is 0 Å². The Labute approximate surface area is 317 Å². The Kier molecular flexibility index (Phi) is 7.17. The summed E-state index contributed by atoms with van der Waals surface area (Å²) in [6.07, 6.45) is 0. The van der Waals surface area contributed by atoms with Crippen molar-refractivity contribution in [1.82, 2.24) is 0 Å². The Balaban J connectivity index is 1.10. The lowest BCUT2D eigenvalue weighted by Crippen LogP contribution is -2.11. The Morgan fingerprint density at radius 1 is 0.309 bits per heavy atom. The Hall–Kier alpha value is -7.36. The quantitative estimate of drug-likeness (QED) is 0.173. The van der Waals surface area contributed by atoms with Gasteiger partial charge in [0, 0.05) is 38.4 Å². The van der Waals surface area contributed by atoms with Crippen LogP contribution in [0.1, 0.15) is 0 Å². The van der Waals surface area contributed by atoms with E-state index in [1.165, 1.54) is 10.8 Å². The summed E-state index contributed by atoms with van der Waals surface area (Å²) in [6, 6.07) is 70.9. The molecule has 3 heteroatoms. The average molecular weight is 704 g/mol. The van der Waals surface area contributed by atoms with Crippen molar-refractivity contribution in [2.24, 2.45) is 0 Å². The highest BCUT2D eigenvalue weighted by Gasteiger charge is 2.23. The number of hydrogen-bond donors (Lipinski definition) is 0. The van der Waals surface area contributed by atoms with E-state index in [-0.39, 0.29) is 0 Å². The predicted molar refractivity (Wildman–Crippen MR) is 229 cm³/mol. The first-order valence-corrected chi connectivity index (χ1v) is 18.7. The molecule has 9 aromatic carbocycles. The fourth-order valence-corrected chi connectivity index (χ4v) is 8.21. The van der Waals surface area contributed by atoms with Gasteiger partial charge in [-0.1, -0.05) is 152 Å². The fraction of sp³-hybridized carbons (Fsp3) is 0. The van der Waals surface area contributed by atoms with E-state index in [4.69, 9.17) is 8.83 Å². The first kappa shape index (κ1) is 31.2. The van der Waals surface area contributed by atoms with Crippen molar-refractivity contribution in [2.75, 3.05) is 4.90 Å². The number of nitrogens with zero attached hydrogens (tertiary/aromatic N) is 1. The molecule has 0 saturated carbocycles. The second-order valence-electron chi connectivity index (χ2n) is 14.1. The van der Waals surface area contributed by atoms with Crippen molar-refractivity contribution in [3.05, 3.63) is 200 Å². The second-order valence-corrected chi connectivity index (χ2v) is 14.1. The number of hydrogen-bond acceptors (Lipinski definition) is 3. The molecule has 11 aromatic rings. The lowest BCUT2D eigenvalue weighted by Gasteiger charge is -2.28. The summed E-state index contributed by atoms with van der Waals surface area (Å²) >= 11 is 0. The number of anilines is 3. The Morgan fingerprint density at radius 3 is 1.84 bits per heavy atom. The first-order valence-electron chi connectivity index (χ1n) is 18.7. The van der Waals surface area contributed by atoms with E-state index >= 15 is 0 Å². The highest BCUT2D eigenvalue weighted by molar-refractivity contribution is 6.14. The van der Waals surface area contributed by atoms with Crippen LogP contribution < -0.4 is 4.90 Å². The second kappa shape index (κ2) is 12.6. The summed E-state index contributed by atoms with van der Waals surface area (Å²) in [5.41, 5.74) is 13.3. The molecule has 0 fully saturated rings. The van der Waals surface area contributed by atoms with Crippen molar-refractivity contribution in [2.45, 2.75) is 0 Å². The van der Waals surface area contributed by atoms with Gasteiger partial charge in [-0.15, -0.1) is 0 Å². The molecule has 0 aliphatic carbocycles. The first-order chi connectivity index (χ1) is 27.3. The van der Waals surface area contributed by atoms with Crippen LogP contribution in [-0.4, -0.2) is 0 Å². The number of para-hydroxylation sites is 4. The minimum atomic E-state index is 0.841. The van der Waals surface area contributed by atoms with Gasteiger partial charge >= 0.3 is 0 Å². The van der Waals surface area contributed by atoms with Gasteiger partial charge in [-0.05, 0) is 81.6 Å². The highest BCUT2D eigenvalue weighted by Crippen LogP contribution is 2.47. The third-order valence-corrected chi connectivity index (χ3v) is 10.9. The molecule has 0 atom stereocenters. The van der Waals surface area contributed by atoms with Gasteiger partial charge in [0.25, 0.3) is 0 Å². The standard InChI is InChI=1S/C52H33NO2/c1-2-13-36(14-3-1)42-18-10-19-45-46-20-11-22-48(52(46)55-51(42)45)53(47-21-8-6-16-41(47)39-25-24-34-12-4-5-15-37(34)32-39)40-29-26-35(27-30-40)38-28-31-44-43-17-7-9-23-49(43)54-50(44)33-38/h1-33H. The van der Waals surface area contributed by atoms with E-state index in [2.05, 4.69) is 187 Å². The Morgan fingerprint density at radius 2 is 0.945 bits per heavy atom. The molecule has 55 heavy (non-hydrogen) atoms. The van der Waals surface area contributed by atoms with Crippen LogP contribution in [0.25, 0.3) is 88.0 Å². The highest BCUT2D eigenvalue weighted by atomic mass is 16.3. The van der Waals surface area contributed by atoms with Crippen LogP contribution in [0.15, 0.2) is 209 Å². The molecule has 0 radical (unpaired) electrons. The minimum absolute atomic E-state index is 0.841. The molecule has 0 bridgehead atoms. The van der Waals surface area contributed by atoms with Crippen LogP contribution in [0.4, 0.5) is 17.1 Å². The van der Waals surface area contributed by atoms with Gasteiger partial charge in [-0.2, -0.15) is 0 Å². The molecule has 0 unspecified atom stereocenters. The molecule has 2 heterocycles. The van der Waals surface area contributed by atoms with Gasteiger partial charge in [0.2, 0.25) is 0 Å². The molecular weight excluding hydrogens is 671 g/mol. The molecule has 3 nitrogen and oxygen atoms in total. The number of benzene rings is 9. The summed E-state index contributed by atoms with van der Waals surface area (Å²) in [5.74, 6) is 0. The van der Waals surface area contributed by atoms with Gasteiger partial charge < -0.3 is 13.7 Å². The molecule has 0 spiro atoms. The van der Waals surface area contributed by atoms with Crippen molar-refractivity contribution in [1.29, 1.82) is 0 Å². The molecular formula is C52H33NO2. The summed E-state index contributed by atoms with van der Waals surface area (Å²) in [5, 5.41) is 6.86. The zero-order valence-corrected chi connectivity index (χ0v) is 29.8. The molecule has 0 N–H and O–H groups in total. The van der Waals surface area contributed by atoms with Crippen LogP contribution in [0, 0.1) is 0 Å². The molecule has 0 amide bonds. The summed E-state index contributed by atoms with van der Waals surface area (Å²) in [6.45, 7) is 0. The van der Waals surface area contributed by atoms with Gasteiger partial charge in [-0.3, -0.25) is 0 Å². The lowest BCUT2D eigenvalue weighted by atomic mass is 9.98. The summed E-state index contributed by atoms with van der Waals surface area (Å²) in [4.78, 5) is 2.35. The maximum Gasteiger partial charge on any atom is 0.159 e. The lowest BCUT2D eigenvalue weighted by molar-refractivity contribution is 0.669. The van der Waals surface area contributed by atoms with Gasteiger partial charge in [0.1, 0.15) is 16.7 Å². The average Bonchev–Trinajstić information content (AvgIpc) is 3.83. The SMILES string of the molecule is c1ccc(-c2cccc3c2oc2c(N(c4ccc(-c5ccc6c(c5)oc5ccccc56)cc4)c4ccccc4-c4ccc5ccccc5c4)cccc23)cc1. The zero-order chi connectivity index (χ0) is 36.3. The molecule has 0 saturated heterocycles. The van der Waals surface area contributed by atoms with Crippen molar-refractivity contribution in [3.8, 4) is 33.4 Å². The van der Waals surface area contributed by atoms with Gasteiger partial charge in [0.15, 0.2) is 5.58 Å². The number of furan rings is 2. The van der Waals surface area contributed by atoms with E-state index < -0.39 is 0 Å². The van der Waals surface area contributed by atoms with E-state index in [0.29, 0.717) is 0 Å². The maximum absolute atomic E-state index is 7.00.